The zero-order valence-corrected chi connectivity index (χ0v) is 11.2. The van der Waals surface area contributed by atoms with Gasteiger partial charge in [-0.15, -0.1) is 0 Å². The van der Waals surface area contributed by atoms with Gasteiger partial charge in [0.05, 0.1) is 0 Å². The van der Waals surface area contributed by atoms with Crippen LogP contribution in [0.4, 0.5) is 5.95 Å². The fourth-order valence-corrected chi connectivity index (χ4v) is 2.67. The van der Waals surface area contributed by atoms with Gasteiger partial charge in [-0.05, 0) is 31.1 Å². The molecule has 1 N–H and O–H groups in total. The van der Waals surface area contributed by atoms with E-state index >= 15 is 0 Å². The molecule has 1 fully saturated rings. The Kier molecular flexibility index (Phi) is 4.46. The fourth-order valence-electron chi connectivity index (χ4n) is 2.67. The molecule has 1 aromatic rings. The summed E-state index contributed by atoms with van der Waals surface area (Å²) in [5, 5.41) is 3.51. The SMILES string of the molecule is CCCn1ccnc1NCC1CCC(C)CC1. The molecule has 1 saturated carbocycles. The lowest BCUT2D eigenvalue weighted by molar-refractivity contribution is 0.300. The Labute approximate surface area is 105 Å². The topological polar surface area (TPSA) is 29.9 Å². The van der Waals surface area contributed by atoms with Crippen LogP contribution in [0.5, 0.6) is 0 Å². The van der Waals surface area contributed by atoms with Crippen molar-refractivity contribution in [2.24, 2.45) is 11.8 Å². The maximum atomic E-state index is 4.39. The number of rotatable bonds is 5. The third-order valence-corrected chi connectivity index (χ3v) is 3.86. The quantitative estimate of drug-likeness (QED) is 0.846. The molecule has 3 nitrogen and oxygen atoms in total. The molecular weight excluding hydrogens is 210 g/mol. The van der Waals surface area contributed by atoms with Crippen molar-refractivity contribution in [3.63, 3.8) is 0 Å². The van der Waals surface area contributed by atoms with E-state index in [1.165, 1.54) is 25.7 Å². The van der Waals surface area contributed by atoms with Crippen LogP contribution in [-0.4, -0.2) is 16.1 Å². The third kappa shape index (κ3) is 3.48. The highest BCUT2D eigenvalue weighted by Crippen LogP contribution is 2.28. The molecule has 0 aromatic carbocycles. The fraction of sp³-hybridized carbons (Fsp3) is 0.786. The highest BCUT2D eigenvalue weighted by Gasteiger charge is 2.18. The van der Waals surface area contributed by atoms with Crippen molar-refractivity contribution in [3.05, 3.63) is 12.4 Å². The maximum absolute atomic E-state index is 4.39. The average molecular weight is 235 g/mol. The molecular formula is C14H25N3. The first kappa shape index (κ1) is 12.5. The molecule has 2 rings (SSSR count). The first-order valence-electron chi connectivity index (χ1n) is 7.04. The Morgan fingerprint density at radius 2 is 2.12 bits per heavy atom. The summed E-state index contributed by atoms with van der Waals surface area (Å²) < 4.78 is 2.21. The van der Waals surface area contributed by atoms with Gasteiger partial charge in [0.1, 0.15) is 0 Å². The van der Waals surface area contributed by atoms with Crippen molar-refractivity contribution in [2.45, 2.75) is 52.5 Å². The van der Waals surface area contributed by atoms with Crippen molar-refractivity contribution in [1.82, 2.24) is 9.55 Å². The highest BCUT2D eigenvalue weighted by molar-refractivity contribution is 5.25. The van der Waals surface area contributed by atoms with E-state index < -0.39 is 0 Å². The molecule has 1 aliphatic rings. The Hall–Kier alpha value is -0.990. The summed E-state index contributed by atoms with van der Waals surface area (Å²) in [5.41, 5.74) is 0. The highest BCUT2D eigenvalue weighted by atomic mass is 15.2. The second-order valence-electron chi connectivity index (χ2n) is 5.45. The molecule has 1 aromatic heterocycles. The second-order valence-corrected chi connectivity index (χ2v) is 5.45. The van der Waals surface area contributed by atoms with Gasteiger partial charge >= 0.3 is 0 Å². The molecule has 17 heavy (non-hydrogen) atoms. The van der Waals surface area contributed by atoms with E-state index in [-0.39, 0.29) is 0 Å². The van der Waals surface area contributed by atoms with Gasteiger partial charge in [0.25, 0.3) is 0 Å². The van der Waals surface area contributed by atoms with Crippen molar-refractivity contribution in [2.75, 3.05) is 11.9 Å². The van der Waals surface area contributed by atoms with Gasteiger partial charge in [-0.25, -0.2) is 4.98 Å². The summed E-state index contributed by atoms with van der Waals surface area (Å²) in [6, 6.07) is 0. The summed E-state index contributed by atoms with van der Waals surface area (Å²) in [6.45, 7) is 6.72. The van der Waals surface area contributed by atoms with Crippen molar-refractivity contribution >= 4 is 5.95 Å². The molecule has 0 aliphatic heterocycles. The standard InChI is InChI=1S/C14H25N3/c1-3-9-17-10-8-15-14(17)16-11-13-6-4-12(2)5-7-13/h8,10,12-13H,3-7,9,11H2,1-2H3,(H,15,16). The van der Waals surface area contributed by atoms with E-state index in [4.69, 9.17) is 0 Å². The van der Waals surface area contributed by atoms with Crippen LogP contribution >= 0.6 is 0 Å². The minimum Gasteiger partial charge on any atom is -0.355 e. The predicted molar refractivity (Wildman–Crippen MR) is 72.1 cm³/mol. The number of anilines is 1. The van der Waals surface area contributed by atoms with Crippen LogP contribution in [0.1, 0.15) is 46.0 Å². The zero-order valence-electron chi connectivity index (χ0n) is 11.2. The Bertz CT molecular complexity index is 324. The van der Waals surface area contributed by atoms with Crippen molar-refractivity contribution in [1.29, 1.82) is 0 Å². The Morgan fingerprint density at radius 1 is 1.35 bits per heavy atom. The predicted octanol–water partition coefficient (Wildman–Crippen LogP) is 3.53. The van der Waals surface area contributed by atoms with Gasteiger partial charge in [-0.3, -0.25) is 0 Å². The molecule has 0 radical (unpaired) electrons. The molecule has 0 atom stereocenters. The molecule has 1 aliphatic carbocycles. The lowest BCUT2D eigenvalue weighted by atomic mass is 9.83. The number of nitrogens with one attached hydrogen (secondary N) is 1. The molecule has 0 amide bonds. The van der Waals surface area contributed by atoms with Gasteiger partial charge < -0.3 is 9.88 Å². The number of aryl methyl sites for hydroxylation is 1. The largest absolute Gasteiger partial charge is 0.355 e. The van der Waals surface area contributed by atoms with Crippen LogP contribution in [0.3, 0.4) is 0 Å². The monoisotopic (exact) mass is 235 g/mol. The van der Waals surface area contributed by atoms with E-state index in [1.54, 1.807) is 0 Å². The molecule has 1 heterocycles. The van der Waals surface area contributed by atoms with Gasteiger partial charge in [-0.1, -0.05) is 26.7 Å². The van der Waals surface area contributed by atoms with E-state index in [9.17, 15) is 0 Å². The zero-order chi connectivity index (χ0) is 12.1. The summed E-state index contributed by atoms with van der Waals surface area (Å²) in [4.78, 5) is 4.39. The van der Waals surface area contributed by atoms with Crippen LogP contribution in [0.2, 0.25) is 0 Å². The van der Waals surface area contributed by atoms with E-state index in [2.05, 4.69) is 34.9 Å². The summed E-state index contributed by atoms with van der Waals surface area (Å²) in [6.07, 6.45) is 10.7. The number of aromatic nitrogens is 2. The van der Waals surface area contributed by atoms with Gasteiger partial charge in [-0.2, -0.15) is 0 Å². The Balaban J connectivity index is 1.79. The van der Waals surface area contributed by atoms with E-state index in [1.807, 2.05) is 6.20 Å². The normalized spacial score (nSPS) is 24.8. The van der Waals surface area contributed by atoms with E-state index in [0.29, 0.717) is 0 Å². The maximum Gasteiger partial charge on any atom is 0.202 e. The summed E-state index contributed by atoms with van der Waals surface area (Å²) in [7, 11) is 0. The molecule has 96 valence electrons. The van der Waals surface area contributed by atoms with Crippen LogP contribution in [0.25, 0.3) is 0 Å². The number of nitrogens with zero attached hydrogens (tertiary/aromatic N) is 2. The van der Waals surface area contributed by atoms with Crippen LogP contribution in [0, 0.1) is 11.8 Å². The first-order chi connectivity index (χ1) is 8.29. The van der Waals surface area contributed by atoms with Gasteiger partial charge in [0, 0.05) is 25.5 Å². The Morgan fingerprint density at radius 3 is 2.82 bits per heavy atom. The number of hydrogen-bond donors (Lipinski definition) is 1. The van der Waals surface area contributed by atoms with E-state index in [0.717, 1.165) is 37.3 Å². The van der Waals surface area contributed by atoms with Crippen molar-refractivity contribution < 1.29 is 0 Å². The molecule has 3 heteroatoms. The number of hydrogen-bond acceptors (Lipinski definition) is 2. The number of imidazole rings is 1. The third-order valence-electron chi connectivity index (χ3n) is 3.86. The molecule has 0 bridgehead atoms. The minimum atomic E-state index is 0.845. The second kappa shape index (κ2) is 6.08. The van der Waals surface area contributed by atoms with Gasteiger partial charge in [0.15, 0.2) is 0 Å². The first-order valence-corrected chi connectivity index (χ1v) is 7.04. The smallest absolute Gasteiger partial charge is 0.202 e. The lowest BCUT2D eigenvalue weighted by Crippen LogP contribution is -2.21. The molecule has 0 saturated heterocycles. The average Bonchev–Trinajstić information content (AvgIpc) is 2.77. The summed E-state index contributed by atoms with van der Waals surface area (Å²) >= 11 is 0. The minimum absolute atomic E-state index is 0.845. The lowest BCUT2D eigenvalue weighted by Gasteiger charge is -2.26. The van der Waals surface area contributed by atoms with Crippen LogP contribution < -0.4 is 5.32 Å². The van der Waals surface area contributed by atoms with Crippen LogP contribution in [0.15, 0.2) is 12.4 Å². The summed E-state index contributed by atoms with van der Waals surface area (Å²) in [5.74, 6) is 2.83. The van der Waals surface area contributed by atoms with Crippen LogP contribution in [-0.2, 0) is 6.54 Å². The molecule has 0 unspecified atom stereocenters. The van der Waals surface area contributed by atoms with Gasteiger partial charge in [0.2, 0.25) is 5.95 Å². The van der Waals surface area contributed by atoms with Crippen molar-refractivity contribution in [3.8, 4) is 0 Å². The molecule has 0 spiro atoms.